The molecule has 2 unspecified atom stereocenters. The molecule has 2 aliphatic rings. The Balaban J connectivity index is 1.35. The monoisotopic (exact) mass is 491 g/mol. The lowest BCUT2D eigenvalue weighted by molar-refractivity contribution is 0.0323. The van der Waals surface area contributed by atoms with Crippen molar-refractivity contribution in [3.63, 3.8) is 0 Å². The average Bonchev–Trinajstić information content (AvgIpc) is 3.12. The van der Waals surface area contributed by atoms with Gasteiger partial charge in [-0.15, -0.1) is 0 Å². The Morgan fingerprint density at radius 2 is 1.78 bits per heavy atom. The van der Waals surface area contributed by atoms with Crippen LogP contribution in [0.2, 0.25) is 0 Å². The standard InChI is InChI=1S/C31H33N5O/c1-22-16-24-11-12-31(23(2)28-9-4-5-10-29(28)35(31)3)37-30(24)25(17-22)19-36(20-26-8-6-7-13-33-26)21-27-18-32-14-15-34-27/h4-10,13-18,23H,11-12,19-21H2,1-3H3. The van der Waals surface area contributed by atoms with Gasteiger partial charge in [-0.05, 0) is 42.7 Å². The Hall–Kier alpha value is -3.77. The molecule has 188 valence electrons. The zero-order valence-electron chi connectivity index (χ0n) is 21.8. The van der Waals surface area contributed by atoms with E-state index in [9.17, 15) is 0 Å². The number of hydrogen-bond donors (Lipinski definition) is 0. The lowest BCUT2D eigenvalue weighted by Crippen LogP contribution is -2.53. The van der Waals surface area contributed by atoms with Crippen LogP contribution in [0.25, 0.3) is 0 Å². The Morgan fingerprint density at radius 3 is 2.57 bits per heavy atom. The first-order valence-corrected chi connectivity index (χ1v) is 13.0. The van der Waals surface area contributed by atoms with Crippen LogP contribution in [0.3, 0.4) is 0 Å². The van der Waals surface area contributed by atoms with Crippen LogP contribution < -0.4 is 9.64 Å². The predicted octanol–water partition coefficient (Wildman–Crippen LogP) is 5.66. The molecule has 4 aromatic rings. The minimum absolute atomic E-state index is 0.278. The van der Waals surface area contributed by atoms with E-state index in [0.717, 1.165) is 36.5 Å². The maximum atomic E-state index is 7.13. The number of pyridine rings is 1. The van der Waals surface area contributed by atoms with Crippen molar-refractivity contribution in [2.24, 2.45) is 0 Å². The molecule has 0 amide bonds. The van der Waals surface area contributed by atoms with E-state index in [-0.39, 0.29) is 11.6 Å². The molecule has 2 atom stereocenters. The van der Waals surface area contributed by atoms with Gasteiger partial charge < -0.3 is 9.64 Å². The Bertz CT molecular complexity index is 1320. The molecule has 2 aromatic carbocycles. The topological polar surface area (TPSA) is 54.4 Å². The third-order valence-electron chi connectivity index (χ3n) is 7.94. The molecule has 0 aliphatic carbocycles. The van der Waals surface area contributed by atoms with Crippen LogP contribution in [-0.2, 0) is 26.1 Å². The van der Waals surface area contributed by atoms with E-state index < -0.39 is 0 Å². The summed E-state index contributed by atoms with van der Waals surface area (Å²) < 4.78 is 7.13. The van der Waals surface area contributed by atoms with Crippen LogP contribution in [0.15, 0.2) is 79.4 Å². The van der Waals surface area contributed by atoms with Gasteiger partial charge in [-0.3, -0.25) is 19.9 Å². The highest BCUT2D eigenvalue weighted by atomic mass is 16.5. The van der Waals surface area contributed by atoms with E-state index >= 15 is 0 Å². The van der Waals surface area contributed by atoms with Gasteiger partial charge in [0, 0.05) is 75.1 Å². The Morgan fingerprint density at radius 1 is 0.973 bits per heavy atom. The highest BCUT2D eigenvalue weighted by Crippen LogP contribution is 2.52. The second-order valence-electron chi connectivity index (χ2n) is 10.4. The normalized spacial score (nSPS) is 20.1. The first kappa shape index (κ1) is 23.6. The van der Waals surface area contributed by atoms with Crippen molar-refractivity contribution in [2.75, 3.05) is 11.9 Å². The summed E-state index contributed by atoms with van der Waals surface area (Å²) in [7, 11) is 2.18. The molecule has 0 fully saturated rings. The molecule has 0 bridgehead atoms. The van der Waals surface area contributed by atoms with Crippen LogP contribution in [0, 0.1) is 6.92 Å². The summed E-state index contributed by atoms with van der Waals surface area (Å²) in [4.78, 5) is 18.2. The molecule has 6 rings (SSSR count). The summed E-state index contributed by atoms with van der Waals surface area (Å²) in [5, 5.41) is 0. The number of ether oxygens (including phenoxy) is 1. The number of para-hydroxylation sites is 1. The van der Waals surface area contributed by atoms with E-state index in [1.54, 1.807) is 12.4 Å². The van der Waals surface area contributed by atoms with Gasteiger partial charge in [0.25, 0.3) is 0 Å². The molecule has 0 saturated carbocycles. The van der Waals surface area contributed by atoms with Crippen LogP contribution in [-0.4, -0.2) is 32.6 Å². The van der Waals surface area contributed by atoms with Crippen LogP contribution in [0.5, 0.6) is 5.75 Å². The average molecular weight is 492 g/mol. The molecule has 1 spiro atoms. The highest BCUT2D eigenvalue weighted by molar-refractivity contribution is 5.64. The van der Waals surface area contributed by atoms with E-state index in [1.165, 1.54) is 27.9 Å². The molecule has 0 radical (unpaired) electrons. The van der Waals surface area contributed by atoms with Crippen LogP contribution in [0.1, 0.15) is 52.9 Å². The van der Waals surface area contributed by atoms with Crippen molar-refractivity contribution in [2.45, 2.75) is 58.0 Å². The summed E-state index contributed by atoms with van der Waals surface area (Å²) in [6, 6.07) is 19.4. The van der Waals surface area contributed by atoms with Gasteiger partial charge >= 0.3 is 0 Å². The second-order valence-corrected chi connectivity index (χ2v) is 10.4. The molecule has 6 heteroatoms. The third-order valence-corrected chi connectivity index (χ3v) is 7.94. The summed E-state index contributed by atoms with van der Waals surface area (Å²) in [6.07, 6.45) is 9.13. The lowest BCUT2D eigenvalue weighted by atomic mass is 9.85. The number of likely N-dealkylation sites (N-methyl/N-ethyl adjacent to an activating group) is 1. The molecule has 0 N–H and O–H groups in total. The minimum atomic E-state index is -0.378. The van der Waals surface area contributed by atoms with Gasteiger partial charge in [0.2, 0.25) is 0 Å². The van der Waals surface area contributed by atoms with Crippen LogP contribution in [0.4, 0.5) is 5.69 Å². The Labute approximate surface area is 219 Å². The third kappa shape index (κ3) is 4.36. The van der Waals surface area contributed by atoms with Crippen molar-refractivity contribution in [1.29, 1.82) is 0 Å². The van der Waals surface area contributed by atoms with Crippen molar-refractivity contribution < 1.29 is 4.74 Å². The first-order valence-electron chi connectivity index (χ1n) is 13.0. The SMILES string of the molecule is Cc1cc2c(c(CN(Cc3ccccn3)Cc3cnccn3)c1)OC1(CC2)C(C)c2ccccc2N1C. The zero-order valence-corrected chi connectivity index (χ0v) is 21.8. The van der Waals surface area contributed by atoms with Gasteiger partial charge in [-0.2, -0.15) is 0 Å². The van der Waals surface area contributed by atoms with E-state index in [0.29, 0.717) is 13.1 Å². The van der Waals surface area contributed by atoms with E-state index in [4.69, 9.17) is 4.74 Å². The van der Waals surface area contributed by atoms with Gasteiger partial charge in [0.05, 0.1) is 11.4 Å². The fraction of sp³-hybridized carbons (Fsp3) is 0.323. The number of anilines is 1. The molecule has 4 heterocycles. The number of hydrogen-bond acceptors (Lipinski definition) is 6. The summed E-state index contributed by atoms with van der Waals surface area (Å²) >= 11 is 0. The van der Waals surface area contributed by atoms with Crippen molar-refractivity contribution in [1.82, 2.24) is 19.9 Å². The smallest absolute Gasteiger partial charge is 0.189 e. The van der Waals surface area contributed by atoms with E-state index in [2.05, 4.69) is 88.1 Å². The predicted molar refractivity (Wildman–Crippen MR) is 145 cm³/mol. The largest absolute Gasteiger partial charge is 0.467 e. The summed E-state index contributed by atoms with van der Waals surface area (Å²) in [5.74, 6) is 1.31. The number of rotatable bonds is 6. The fourth-order valence-electron chi connectivity index (χ4n) is 6.11. The van der Waals surface area contributed by atoms with Crippen molar-refractivity contribution in [3.8, 4) is 5.75 Å². The van der Waals surface area contributed by atoms with Gasteiger partial charge in [0.15, 0.2) is 5.72 Å². The lowest BCUT2D eigenvalue weighted by Gasteiger charge is -2.45. The molecule has 2 aromatic heterocycles. The molecule has 6 nitrogen and oxygen atoms in total. The molecular formula is C31H33N5O. The molecule has 37 heavy (non-hydrogen) atoms. The molecule has 0 saturated heterocycles. The maximum absolute atomic E-state index is 7.13. The quantitative estimate of drug-likeness (QED) is 0.347. The Kier molecular flexibility index (Phi) is 6.13. The summed E-state index contributed by atoms with van der Waals surface area (Å²) in [5.41, 5.74) is 8.01. The maximum Gasteiger partial charge on any atom is 0.189 e. The van der Waals surface area contributed by atoms with Gasteiger partial charge in [-0.1, -0.05) is 48.9 Å². The number of fused-ring (bicyclic) bond motifs is 2. The van der Waals surface area contributed by atoms with E-state index in [1.807, 2.05) is 24.5 Å². The number of nitrogens with zero attached hydrogens (tertiary/aromatic N) is 5. The fourth-order valence-corrected chi connectivity index (χ4v) is 6.11. The molecule has 2 aliphatic heterocycles. The zero-order chi connectivity index (χ0) is 25.4. The number of aromatic nitrogens is 3. The number of aryl methyl sites for hydroxylation is 2. The van der Waals surface area contributed by atoms with Crippen molar-refractivity contribution >= 4 is 5.69 Å². The molecular weight excluding hydrogens is 458 g/mol. The number of benzene rings is 2. The summed E-state index contributed by atoms with van der Waals surface area (Å²) in [6.45, 7) is 6.62. The second kappa shape index (κ2) is 9.60. The van der Waals surface area contributed by atoms with Crippen molar-refractivity contribution in [3.05, 3.63) is 113 Å². The minimum Gasteiger partial charge on any atom is -0.467 e. The van der Waals surface area contributed by atoms with Gasteiger partial charge in [-0.25, -0.2) is 0 Å². The highest BCUT2D eigenvalue weighted by Gasteiger charge is 2.51. The van der Waals surface area contributed by atoms with Crippen LogP contribution >= 0.6 is 0 Å². The van der Waals surface area contributed by atoms with Gasteiger partial charge in [0.1, 0.15) is 5.75 Å². The first-order chi connectivity index (χ1) is 18.0.